The minimum Gasteiger partial charge on any atom is -0.356 e. The molecule has 1 amide bonds. The molecule has 0 saturated heterocycles. The number of carbonyl (C=O) groups is 1. The van der Waals surface area contributed by atoms with E-state index in [4.69, 9.17) is 0 Å². The molecule has 18 heavy (non-hydrogen) atoms. The van der Waals surface area contributed by atoms with E-state index in [1.165, 1.54) is 5.56 Å². The summed E-state index contributed by atoms with van der Waals surface area (Å²) in [6.07, 6.45) is 2.74. The molecular formula is C15H24N2O. The minimum atomic E-state index is 0.125. The van der Waals surface area contributed by atoms with Crippen LogP contribution in [0.3, 0.4) is 0 Å². The number of amides is 1. The molecule has 1 aromatic rings. The topological polar surface area (TPSA) is 41.1 Å². The number of hydrogen-bond acceptors (Lipinski definition) is 2. The van der Waals surface area contributed by atoms with Crippen LogP contribution in [0.2, 0.25) is 0 Å². The van der Waals surface area contributed by atoms with Gasteiger partial charge in [-0.25, -0.2) is 0 Å². The van der Waals surface area contributed by atoms with Crippen molar-refractivity contribution in [1.82, 2.24) is 10.6 Å². The lowest BCUT2D eigenvalue weighted by Crippen LogP contribution is -2.32. The van der Waals surface area contributed by atoms with Gasteiger partial charge in [0.05, 0.1) is 0 Å². The number of nitrogens with one attached hydrogen (secondary N) is 2. The lowest BCUT2D eigenvalue weighted by Gasteiger charge is -2.13. The van der Waals surface area contributed by atoms with Crippen LogP contribution >= 0.6 is 0 Å². The molecule has 0 bridgehead atoms. The molecule has 3 nitrogen and oxygen atoms in total. The Morgan fingerprint density at radius 3 is 2.67 bits per heavy atom. The van der Waals surface area contributed by atoms with Gasteiger partial charge in [0.1, 0.15) is 0 Å². The van der Waals surface area contributed by atoms with Gasteiger partial charge in [-0.2, -0.15) is 0 Å². The van der Waals surface area contributed by atoms with E-state index in [-0.39, 0.29) is 5.91 Å². The van der Waals surface area contributed by atoms with Gasteiger partial charge in [-0.1, -0.05) is 30.3 Å². The second kappa shape index (κ2) is 8.70. The summed E-state index contributed by atoms with van der Waals surface area (Å²) in [6.45, 7) is 5.57. The molecule has 1 atom stereocenters. The maximum absolute atomic E-state index is 11.3. The highest BCUT2D eigenvalue weighted by atomic mass is 16.1. The zero-order chi connectivity index (χ0) is 13.2. The first-order valence-electron chi connectivity index (χ1n) is 6.76. The van der Waals surface area contributed by atoms with Gasteiger partial charge < -0.3 is 10.6 Å². The van der Waals surface area contributed by atoms with E-state index in [0.29, 0.717) is 19.0 Å². The first-order chi connectivity index (χ1) is 8.72. The van der Waals surface area contributed by atoms with Crippen molar-refractivity contribution in [3.63, 3.8) is 0 Å². The summed E-state index contributed by atoms with van der Waals surface area (Å²) < 4.78 is 0. The summed E-state index contributed by atoms with van der Waals surface area (Å²) in [5.41, 5.74) is 1.37. The molecule has 0 aromatic heterocycles. The van der Waals surface area contributed by atoms with Crippen molar-refractivity contribution in [3.8, 4) is 0 Å². The largest absolute Gasteiger partial charge is 0.356 e. The second-order valence-electron chi connectivity index (χ2n) is 4.58. The Kier molecular flexibility index (Phi) is 7.11. The van der Waals surface area contributed by atoms with Crippen LogP contribution in [0.1, 0.15) is 32.3 Å². The third kappa shape index (κ3) is 6.40. The third-order valence-electron chi connectivity index (χ3n) is 2.93. The lowest BCUT2D eigenvalue weighted by molar-refractivity contribution is -0.120. The maximum Gasteiger partial charge on any atom is 0.221 e. The van der Waals surface area contributed by atoms with Gasteiger partial charge in [0.15, 0.2) is 0 Å². The summed E-state index contributed by atoms with van der Waals surface area (Å²) >= 11 is 0. The first kappa shape index (κ1) is 14.7. The fourth-order valence-corrected chi connectivity index (χ4v) is 1.85. The molecule has 0 radical (unpaired) electrons. The third-order valence-corrected chi connectivity index (χ3v) is 2.93. The molecule has 2 N–H and O–H groups in total. The Labute approximate surface area is 110 Å². The minimum absolute atomic E-state index is 0.125. The highest BCUT2D eigenvalue weighted by Crippen LogP contribution is 2.04. The van der Waals surface area contributed by atoms with Crippen molar-refractivity contribution in [3.05, 3.63) is 35.9 Å². The van der Waals surface area contributed by atoms with Gasteiger partial charge in [0.25, 0.3) is 0 Å². The van der Waals surface area contributed by atoms with Gasteiger partial charge in [-0.05, 0) is 32.3 Å². The quantitative estimate of drug-likeness (QED) is 0.740. The van der Waals surface area contributed by atoms with E-state index in [2.05, 4.69) is 41.8 Å². The molecular weight excluding hydrogens is 224 g/mol. The summed E-state index contributed by atoms with van der Waals surface area (Å²) in [5, 5.41) is 6.18. The molecule has 0 aliphatic heterocycles. The molecule has 0 aliphatic carbocycles. The first-order valence-corrected chi connectivity index (χ1v) is 6.76. The van der Waals surface area contributed by atoms with Crippen molar-refractivity contribution in [2.45, 2.75) is 39.2 Å². The monoisotopic (exact) mass is 248 g/mol. The van der Waals surface area contributed by atoms with E-state index in [1.54, 1.807) is 0 Å². The molecule has 0 heterocycles. The predicted molar refractivity (Wildman–Crippen MR) is 75.5 cm³/mol. The van der Waals surface area contributed by atoms with Crippen molar-refractivity contribution < 1.29 is 4.79 Å². The summed E-state index contributed by atoms with van der Waals surface area (Å²) in [5.74, 6) is 0.125. The van der Waals surface area contributed by atoms with Crippen LogP contribution in [0.4, 0.5) is 0 Å². The number of aryl methyl sites for hydroxylation is 1. The maximum atomic E-state index is 11.3. The van der Waals surface area contributed by atoms with Gasteiger partial charge in [-0.15, -0.1) is 0 Å². The van der Waals surface area contributed by atoms with Crippen LogP contribution in [-0.2, 0) is 11.2 Å². The van der Waals surface area contributed by atoms with Crippen molar-refractivity contribution in [2.24, 2.45) is 0 Å². The average Bonchev–Trinajstić information content (AvgIpc) is 2.38. The van der Waals surface area contributed by atoms with Gasteiger partial charge in [0.2, 0.25) is 5.91 Å². The fraction of sp³-hybridized carbons (Fsp3) is 0.533. The molecule has 0 aliphatic rings. The van der Waals surface area contributed by atoms with E-state index >= 15 is 0 Å². The molecule has 0 spiro atoms. The van der Waals surface area contributed by atoms with Crippen molar-refractivity contribution >= 4 is 5.91 Å². The van der Waals surface area contributed by atoms with Crippen LogP contribution in [0.15, 0.2) is 30.3 Å². The predicted octanol–water partition coefficient (Wildman–Crippen LogP) is 2.12. The van der Waals surface area contributed by atoms with E-state index in [1.807, 2.05) is 13.0 Å². The summed E-state index contributed by atoms with van der Waals surface area (Å²) in [4.78, 5) is 11.3. The normalized spacial score (nSPS) is 12.1. The van der Waals surface area contributed by atoms with E-state index < -0.39 is 0 Å². The molecule has 1 unspecified atom stereocenters. The molecule has 0 saturated carbocycles. The smallest absolute Gasteiger partial charge is 0.221 e. The van der Waals surface area contributed by atoms with Crippen LogP contribution in [0.25, 0.3) is 0 Å². The molecule has 3 heteroatoms. The van der Waals surface area contributed by atoms with Crippen LogP contribution in [0, 0.1) is 0 Å². The fourth-order valence-electron chi connectivity index (χ4n) is 1.85. The Bertz CT molecular complexity index is 338. The van der Waals surface area contributed by atoms with Gasteiger partial charge in [-0.3, -0.25) is 4.79 Å². The van der Waals surface area contributed by atoms with Crippen LogP contribution in [-0.4, -0.2) is 25.0 Å². The number of hydrogen-bond donors (Lipinski definition) is 2. The standard InChI is InChI=1S/C15H24N2O/c1-3-16-15(18)11-12-17-13(2)9-10-14-7-5-4-6-8-14/h4-8,13,17H,3,9-12H2,1-2H3,(H,16,18). The summed E-state index contributed by atoms with van der Waals surface area (Å²) in [6, 6.07) is 10.9. The molecule has 1 rings (SSSR count). The Balaban J connectivity index is 2.11. The summed E-state index contributed by atoms with van der Waals surface area (Å²) in [7, 11) is 0. The van der Waals surface area contributed by atoms with Crippen molar-refractivity contribution in [1.29, 1.82) is 0 Å². The lowest BCUT2D eigenvalue weighted by atomic mass is 10.1. The number of rotatable bonds is 8. The van der Waals surface area contributed by atoms with E-state index in [9.17, 15) is 4.79 Å². The zero-order valence-electron chi connectivity index (χ0n) is 11.4. The van der Waals surface area contributed by atoms with E-state index in [0.717, 1.165) is 19.4 Å². The van der Waals surface area contributed by atoms with Gasteiger partial charge >= 0.3 is 0 Å². The van der Waals surface area contributed by atoms with Crippen LogP contribution < -0.4 is 10.6 Å². The van der Waals surface area contributed by atoms with Crippen molar-refractivity contribution in [2.75, 3.05) is 13.1 Å². The molecule has 1 aromatic carbocycles. The molecule has 0 fully saturated rings. The Hall–Kier alpha value is -1.35. The highest BCUT2D eigenvalue weighted by molar-refractivity contribution is 5.75. The Morgan fingerprint density at radius 1 is 1.28 bits per heavy atom. The average molecular weight is 248 g/mol. The van der Waals surface area contributed by atoms with Crippen LogP contribution in [0.5, 0.6) is 0 Å². The highest BCUT2D eigenvalue weighted by Gasteiger charge is 2.03. The SMILES string of the molecule is CCNC(=O)CCNC(C)CCc1ccccc1. The molecule has 100 valence electrons. The van der Waals surface area contributed by atoms with Gasteiger partial charge in [0, 0.05) is 25.6 Å². The number of benzene rings is 1. The number of carbonyl (C=O) groups excluding carboxylic acids is 1. The zero-order valence-corrected chi connectivity index (χ0v) is 11.4. The second-order valence-corrected chi connectivity index (χ2v) is 4.58. The Morgan fingerprint density at radius 2 is 2.00 bits per heavy atom.